The van der Waals surface area contributed by atoms with Crippen molar-refractivity contribution in [1.82, 2.24) is 0 Å². The Morgan fingerprint density at radius 1 is 0.442 bits per heavy atom. The van der Waals surface area contributed by atoms with Crippen molar-refractivity contribution in [3.63, 3.8) is 0 Å². The summed E-state index contributed by atoms with van der Waals surface area (Å²) in [5.74, 6) is 0. The molecule has 9 aromatic rings. The third-order valence-corrected chi connectivity index (χ3v) is 9.64. The molecule has 7 aromatic carbocycles. The summed E-state index contributed by atoms with van der Waals surface area (Å²) < 4.78 is 8.92. The van der Waals surface area contributed by atoms with Crippen LogP contribution < -0.4 is 4.90 Å². The Hall–Kier alpha value is -5.38. The van der Waals surface area contributed by atoms with Gasteiger partial charge in [0, 0.05) is 43.7 Å². The Kier molecular flexibility index (Phi) is 5.40. The van der Waals surface area contributed by atoms with Crippen molar-refractivity contribution in [2.75, 3.05) is 4.90 Å². The van der Waals surface area contributed by atoms with Crippen molar-refractivity contribution in [2.24, 2.45) is 0 Å². The smallest absolute Gasteiger partial charge is 0.137 e. The number of thiophene rings is 1. The normalized spacial score (nSPS) is 11.7. The molecule has 0 radical (unpaired) electrons. The number of nitrogens with zero attached hydrogens (tertiary/aromatic N) is 1. The van der Waals surface area contributed by atoms with E-state index in [2.05, 4.69) is 144 Å². The molecular weight excluding hydrogens is 543 g/mol. The predicted octanol–water partition coefficient (Wildman–Crippen LogP) is 12.2. The predicted molar refractivity (Wildman–Crippen MR) is 184 cm³/mol. The largest absolute Gasteiger partial charge is 0.456 e. The van der Waals surface area contributed by atoms with Gasteiger partial charge in [0.15, 0.2) is 0 Å². The maximum Gasteiger partial charge on any atom is 0.137 e. The molecule has 0 saturated carbocycles. The van der Waals surface area contributed by atoms with Crippen LogP contribution in [-0.2, 0) is 0 Å². The number of anilines is 3. The lowest BCUT2D eigenvalue weighted by Crippen LogP contribution is -2.10. The summed E-state index contributed by atoms with van der Waals surface area (Å²) >= 11 is 1.85. The maximum absolute atomic E-state index is 6.35. The summed E-state index contributed by atoms with van der Waals surface area (Å²) in [4.78, 5) is 2.38. The molecule has 0 fully saturated rings. The van der Waals surface area contributed by atoms with Crippen LogP contribution in [0.15, 0.2) is 156 Å². The second kappa shape index (κ2) is 9.59. The molecule has 0 bridgehead atoms. The molecular formula is C40H25NOS. The maximum atomic E-state index is 6.35. The first-order valence-electron chi connectivity index (χ1n) is 14.5. The summed E-state index contributed by atoms with van der Waals surface area (Å²) in [6, 6.07) is 54.3. The van der Waals surface area contributed by atoms with Gasteiger partial charge in [0.2, 0.25) is 0 Å². The highest BCUT2D eigenvalue weighted by Gasteiger charge is 2.20. The molecule has 0 saturated heterocycles. The van der Waals surface area contributed by atoms with E-state index in [1.807, 2.05) is 23.5 Å². The molecule has 0 aliphatic carbocycles. The van der Waals surface area contributed by atoms with E-state index in [1.165, 1.54) is 42.1 Å². The van der Waals surface area contributed by atoms with E-state index < -0.39 is 0 Å². The number of hydrogen-bond donors (Lipinski definition) is 0. The minimum Gasteiger partial charge on any atom is -0.456 e. The number of furan rings is 1. The molecule has 0 aliphatic heterocycles. The van der Waals surface area contributed by atoms with Gasteiger partial charge in [-0.2, -0.15) is 0 Å². The Bertz CT molecular complexity index is 2470. The van der Waals surface area contributed by atoms with Gasteiger partial charge in [0.05, 0.1) is 10.4 Å². The van der Waals surface area contributed by atoms with Gasteiger partial charge in [0.1, 0.15) is 11.2 Å². The summed E-state index contributed by atoms with van der Waals surface area (Å²) in [5, 5.41) is 7.27. The lowest BCUT2D eigenvalue weighted by molar-refractivity contribution is 0.669. The minimum atomic E-state index is 0.889. The fraction of sp³-hybridized carbons (Fsp3) is 0. The van der Waals surface area contributed by atoms with E-state index in [-0.39, 0.29) is 0 Å². The van der Waals surface area contributed by atoms with Gasteiger partial charge in [-0.05, 0) is 70.4 Å². The first kappa shape index (κ1) is 24.2. The van der Waals surface area contributed by atoms with E-state index in [4.69, 9.17) is 4.42 Å². The SMILES string of the molecule is c1ccc(-c2ccc3cc(N(c4ccc5c(c4)oc4ccccc45)c4cccc5c4sc4ccccc45)ccc3c2)cc1. The first-order chi connectivity index (χ1) is 21.3. The van der Waals surface area contributed by atoms with E-state index >= 15 is 0 Å². The average Bonchev–Trinajstić information content (AvgIpc) is 3.64. The molecule has 9 rings (SSSR count). The zero-order valence-electron chi connectivity index (χ0n) is 23.2. The summed E-state index contributed by atoms with van der Waals surface area (Å²) in [6.07, 6.45) is 0. The van der Waals surface area contributed by atoms with Crippen LogP contribution in [-0.4, -0.2) is 0 Å². The van der Waals surface area contributed by atoms with Crippen LogP contribution in [0.4, 0.5) is 17.1 Å². The Balaban J connectivity index is 1.27. The van der Waals surface area contributed by atoms with E-state index in [9.17, 15) is 0 Å². The molecule has 2 nitrogen and oxygen atoms in total. The fourth-order valence-corrected chi connectivity index (χ4v) is 7.58. The third kappa shape index (κ3) is 3.93. The Morgan fingerprint density at radius 3 is 2.07 bits per heavy atom. The van der Waals surface area contributed by atoms with Crippen LogP contribution in [0.3, 0.4) is 0 Å². The van der Waals surface area contributed by atoms with Gasteiger partial charge in [-0.25, -0.2) is 0 Å². The highest BCUT2D eigenvalue weighted by Crippen LogP contribution is 2.46. The van der Waals surface area contributed by atoms with E-state index in [0.717, 1.165) is 39.0 Å². The van der Waals surface area contributed by atoms with Gasteiger partial charge in [-0.1, -0.05) is 97.1 Å². The number of para-hydroxylation sites is 1. The lowest BCUT2D eigenvalue weighted by Gasteiger charge is -2.26. The molecule has 0 amide bonds. The Morgan fingerprint density at radius 2 is 1.14 bits per heavy atom. The van der Waals surface area contributed by atoms with Gasteiger partial charge in [-0.3, -0.25) is 0 Å². The molecule has 0 aliphatic rings. The number of fused-ring (bicyclic) bond motifs is 7. The van der Waals surface area contributed by atoms with Crippen LogP contribution >= 0.6 is 11.3 Å². The van der Waals surface area contributed by atoms with Crippen LogP contribution in [0.1, 0.15) is 0 Å². The molecule has 2 heterocycles. The van der Waals surface area contributed by atoms with Crippen molar-refractivity contribution in [1.29, 1.82) is 0 Å². The summed E-state index contributed by atoms with van der Waals surface area (Å²) in [6.45, 7) is 0. The van der Waals surface area contributed by atoms with Crippen LogP contribution in [0.25, 0.3) is 64.0 Å². The van der Waals surface area contributed by atoms with Gasteiger partial charge in [0.25, 0.3) is 0 Å². The highest BCUT2D eigenvalue weighted by atomic mass is 32.1. The van der Waals surface area contributed by atoms with Crippen molar-refractivity contribution in [3.05, 3.63) is 152 Å². The molecule has 3 heteroatoms. The van der Waals surface area contributed by atoms with Gasteiger partial charge >= 0.3 is 0 Å². The Labute approximate surface area is 252 Å². The van der Waals surface area contributed by atoms with Gasteiger partial charge < -0.3 is 9.32 Å². The molecule has 202 valence electrons. The quantitative estimate of drug-likeness (QED) is 0.210. The monoisotopic (exact) mass is 567 g/mol. The second-order valence-corrected chi connectivity index (χ2v) is 12.0. The van der Waals surface area contributed by atoms with Crippen molar-refractivity contribution >= 4 is 81.3 Å². The minimum absolute atomic E-state index is 0.889. The summed E-state index contributed by atoms with van der Waals surface area (Å²) in [5.41, 5.74) is 7.59. The van der Waals surface area contributed by atoms with Crippen molar-refractivity contribution in [3.8, 4) is 11.1 Å². The lowest BCUT2D eigenvalue weighted by atomic mass is 10.0. The van der Waals surface area contributed by atoms with E-state index in [0.29, 0.717) is 0 Å². The number of hydrogen-bond acceptors (Lipinski definition) is 3. The average molecular weight is 568 g/mol. The molecule has 0 spiro atoms. The van der Waals surface area contributed by atoms with Crippen molar-refractivity contribution < 1.29 is 4.42 Å². The molecule has 43 heavy (non-hydrogen) atoms. The van der Waals surface area contributed by atoms with Crippen LogP contribution in [0.5, 0.6) is 0 Å². The number of benzene rings is 7. The van der Waals surface area contributed by atoms with Crippen LogP contribution in [0.2, 0.25) is 0 Å². The van der Waals surface area contributed by atoms with Crippen LogP contribution in [0, 0.1) is 0 Å². The molecule has 2 aromatic heterocycles. The summed E-state index contributed by atoms with van der Waals surface area (Å²) in [7, 11) is 0. The van der Waals surface area contributed by atoms with Crippen molar-refractivity contribution in [2.45, 2.75) is 0 Å². The fourth-order valence-electron chi connectivity index (χ4n) is 6.37. The standard InChI is InChI=1S/C40H25NOS/c1-2-9-26(10-3-1)27-17-18-29-24-30(20-19-28(29)23-27)41(31-21-22-33-32-11-4-6-15-37(32)42-38(33)25-31)36-14-8-13-35-34-12-5-7-16-39(34)43-40(35)36/h1-25H. The number of rotatable bonds is 4. The molecule has 0 N–H and O–H groups in total. The second-order valence-electron chi connectivity index (χ2n) is 11.0. The first-order valence-corrected chi connectivity index (χ1v) is 15.3. The third-order valence-electron chi connectivity index (χ3n) is 8.43. The van der Waals surface area contributed by atoms with Gasteiger partial charge in [-0.15, -0.1) is 11.3 Å². The topological polar surface area (TPSA) is 16.4 Å². The zero-order chi connectivity index (χ0) is 28.3. The molecule has 0 atom stereocenters. The zero-order valence-corrected chi connectivity index (χ0v) is 24.0. The van der Waals surface area contributed by atoms with E-state index in [1.54, 1.807) is 0 Å². The highest BCUT2D eigenvalue weighted by molar-refractivity contribution is 7.26. The molecule has 0 unspecified atom stereocenters.